The Labute approximate surface area is 122 Å². The Kier molecular flexibility index (Phi) is 3.23. The highest BCUT2D eigenvalue weighted by Gasteiger charge is 2.12. The summed E-state index contributed by atoms with van der Waals surface area (Å²) in [5.41, 5.74) is 1.20. The molecular weight excluding hydrogens is 327 g/mol. The first-order chi connectivity index (χ1) is 9.61. The monoisotopic (exact) mass is 334 g/mol. The van der Waals surface area contributed by atoms with Crippen LogP contribution in [0.5, 0.6) is 5.75 Å². The van der Waals surface area contributed by atoms with E-state index in [1.54, 1.807) is 18.2 Å². The molecule has 0 fully saturated rings. The van der Waals surface area contributed by atoms with Gasteiger partial charge in [0.1, 0.15) is 11.6 Å². The van der Waals surface area contributed by atoms with Crippen LogP contribution in [-0.2, 0) is 0 Å². The Morgan fingerprint density at radius 3 is 2.50 bits per heavy atom. The van der Waals surface area contributed by atoms with E-state index < -0.39 is 0 Å². The van der Waals surface area contributed by atoms with Crippen molar-refractivity contribution in [3.63, 3.8) is 0 Å². The molecule has 2 aromatic carbocycles. The molecule has 1 aromatic heterocycles. The van der Waals surface area contributed by atoms with E-state index in [9.17, 15) is 9.50 Å². The Hall–Kier alpha value is -2.21. The summed E-state index contributed by atoms with van der Waals surface area (Å²) in [6, 6.07) is 10.8. The normalized spacial score (nSPS) is 10.7. The van der Waals surface area contributed by atoms with Crippen molar-refractivity contribution < 1.29 is 14.0 Å². The molecule has 6 heteroatoms. The summed E-state index contributed by atoms with van der Waals surface area (Å²) >= 11 is 3.22. The van der Waals surface area contributed by atoms with E-state index in [-0.39, 0.29) is 11.6 Å². The molecule has 0 saturated carbocycles. The maximum absolute atomic E-state index is 13.3. The fraction of sp³-hybridized carbons (Fsp3) is 0. The van der Waals surface area contributed by atoms with E-state index in [1.807, 2.05) is 0 Å². The molecule has 1 heterocycles. The molecule has 0 bridgehead atoms. The largest absolute Gasteiger partial charge is 0.508 e. The average Bonchev–Trinajstić information content (AvgIpc) is 2.88. The SMILES string of the molecule is Oc1ccc(-c2nc(-c3cc(F)cc(Br)c3)no2)cc1. The highest BCUT2D eigenvalue weighted by Crippen LogP contribution is 2.26. The van der Waals surface area contributed by atoms with Gasteiger partial charge in [-0.2, -0.15) is 4.98 Å². The molecule has 0 unspecified atom stereocenters. The minimum atomic E-state index is -0.384. The highest BCUT2D eigenvalue weighted by molar-refractivity contribution is 9.10. The Balaban J connectivity index is 1.99. The number of aromatic hydroxyl groups is 1. The number of hydrogen-bond acceptors (Lipinski definition) is 4. The first kappa shape index (κ1) is 12.8. The van der Waals surface area contributed by atoms with Crippen molar-refractivity contribution in [3.8, 4) is 28.6 Å². The molecule has 0 spiro atoms. The van der Waals surface area contributed by atoms with Crippen LogP contribution in [0, 0.1) is 5.82 Å². The lowest BCUT2D eigenvalue weighted by Crippen LogP contribution is -1.84. The molecule has 0 atom stereocenters. The van der Waals surface area contributed by atoms with Crippen molar-refractivity contribution in [2.75, 3.05) is 0 Å². The minimum Gasteiger partial charge on any atom is -0.508 e. The minimum absolute atomic E-state index is 0.155. The van der Waals surface area contributed by atoms with Gasteiger partial charge in [0, 0.05) is 15.6 Å². The van der Waals surface area contributed by atoms with Crippen molar-refractivity contribution in [2.24, 2.45) is 0 Å². The summed E-state index contributed by atoms with van der Waals surface area (Å²) in [6.07, 6.45) is 0. The van der Waals surface area contributed by atoms with Crippen LogP contribution >= 0.6 is 15.9 Å². The van der Waals surface area contributed by atoms with Gasteiger partial charge in [-0.15, -0.1) is 0 Å². The van der Waals surface area contributed by atoms with Crippen LogP contribution in [0.4, 0.5) is 4.39 Å². The quantitative estimate of drug-likeness (QED) is 0.769. The number of phenolic OH excluding ortho intramolecular Hbond substituents is 1. The first-order valence-electron chi connectivity index (χ1n) is 5.71. The van der Waals surface area contributed by atoms with Gasteiger partial charge in [-0.3, -0.25) is 0 Å². The Morgan fingerprint density at radius 2 is 1.80 bits per heavy atom. The van der Waals surface area contributed by atoms with Crippen molar-refractivity contribution in [1.82, 2.24) is 10.1 Å². The van der Waals surface area contributed by atoms with E-state index in [0.717, 1.165) is 0 Å². The molecule has 0 amide bonds. The summed E-state index contributed by atoms with van der Waals surface area (Å²) in [6.45, 7) is 0. The topological polar surface area (TPSA) is 59.2 Å². The summed E-state index contributed by atoms with van der Waals surface area (Å²) in [4.78, 5) is 4.22. The van der Waals surface area contributed by atoms with Crippen LogP contribution in [-0.4, -0.2) is 15.2 Å². The lowest BCUT2D eigenvalue weighted by atomic mass is 10.2. The van der Waals surface area contributed by atoms with Gasteiger partial charge < -0.3 is 9.63 Å². The van der Waals surface area contributed by atoms with Crippen molar-refractivity contribution >= 4 is 15.9 Å². The van der Waals surface area contributed by atoms with E-state index in [0.29, 0.717) is 27.3 Å². The molecule has 4 nitrogen and oxygen atoms in total. The molecule has 0 aliphatic carbocycles. The molecular formula is C14H8BrFN2O2. The van der Waals surface area contributed by atoms with E-state index in [4.69, 9.17) is 4.52 Å². The van der Waals surface area contributed by atoms with Gasteiger partial charge in [-0.1, -0.05) is 21.1 Å². The zero-order chi connectivity index (χ0) is 14.1. The van der Waals surface area contributed by atoms with Gasteiger partial charge in [0.25, 0.3) is 5.89 Å². The molecule has 3 aromatic rings. The van der Waals surface area contributed by atoms with Crippen molar-refractivity contribution in [1.29, 1.82) is 0 Å². The third kappa shape index (κ3) is 2.55. The number of aromatic nitrogens is 2. The van der Waals surface area contributed by atoms with Crippen LogP contribution in [0.2, 0.25) is 0 Å². The molecule has 0 radical (unpaired) electrons. The molecule has 100 valence electrons. The van der Waals surface area contributed by atoms with Crippen LogP contribution < -0.4 is 0 Å². The molecule has 0 aliphatic rings. The van der Waals surface area contributed by atoms with Crippen LogP contribution in [0.15, 0.2) is 51.5 Å². The zero-order valence-electron chi connectivity index (χ0n) is 10.0. The summed E-state index contributed by atoms with van der Waals surface area (Å²) in [5.74, 6) is 0.376. The fourth-order valence-electron chi connectivity index (χ4n) is 1.74. The summed E-state index contributed by atoms with van der Waals surface area (Å²) < 4.78 is 19.1. The standard InChI is InChI=1S/C14H8BrFN2O2/c15-10-5-9(6-11(16)7-10)13-17-14(20-18-13)8-1-3-12(19)4-2-8/h1-7,19H. The third-order valence-electron chi connectivity index (χ3n) is 2.66. The molecule has 3 rings (SSSR count). The van der Waals surface area contributed by atoms with Gasteiger partial charge in [-0.05, 0) is 42.5 Å². The Bertz CT molecular complexity index is 736. The zero-order valence-corrected chi connectivity index (χ0v) is 11.6. The second-order valence-corrected chi connectivity index (χ2v) is 5.04. The molecule has 0 saturated heterocycles. The van der Waals surface area contributed by atoms with Crippen molar-refractivity contribution in [2.45, 2.75) is 0 Å². The number of phenols is 1. The number of benzene rings is 2. The molecule has 0 aliphatic heterocycles. The van der Waals surface area contributed by atoms with Crippen LogP contribution in [0.3, 0.4) is 0 Å². The van der Waals surface area contributed by atoms with Gasteiger partial charge >= 0.3 is 0 Å². The fourth-order valence-corrected chi connectivity index (χ4v) is 2.21. The predicted molar refractivity (Wildman–Crippen MR) is 74.5 cm³/mol. The lowest BCUT2D eigenvalue weighted by Gasteiger charge is -1.96. The van der Waals surface area contributed by atoms with Gasteiger partial charge in [0.05, 0.1) is 0 Å². The predicted octanol–water partition coefficient (Wildman–Crippen LogP) is 4.01. The Morgan fingerprint density at radius 1 is 1.05 bits per heavy atom. The average molecular weight is 335 g/mol. The summed E-state index contributed by atoms with van der Waals surface area (Å²) in [7, 11) is 0. The van der Waals surface area contributed by atoms with E-state index >= 15 is 0 Å². The number of rotatable bonds is 2. The number of hydrogen-bond donors (Lipinski definition) is 1. The lowest BCUT2D eigenvalue weighted by molar-refractivity contribution is 0.432. The maximum Gasteiger partial charge on any atom is 0.258 e. The van der Waals surface area contributed by atoms with Crippen molar-refractivity contribution in [3.05, 3.63) is 52.8 Å². The second kappa shape index (κ2) is 5.05. The summed E-state index contributed by atoms with van der Waals surface area (Å²) in [5, 5.41) is 13.1. The van der Waals surface area contributed by atoms with E-state index in [2.05, 4.69) is 26.1 Å². The first-order valence-corrected chi connectivity index (χ1v) is 6.51. The van der Waals surface area contributed by atoms with Gasteiger partial charge in [0.2, 0.25) is 5.82 Å². The highest BCUT2D eigenvalue weighted by atomic mass is 79.9. The second-order valence-electron chi connectivity index (χ2n) is 4.13. The van der Waals surface area contributed by atoms with Crippen LogP contribution in [0.1, 0.15) is 0 Å². The van der Waals surface area contributed by atoms with Gasteiger partial charge in [-0.25, -0.2) is 4.39 Å². The maximum atomic E-state index is 13.3. The number of halogens is 2. The van der Waals surface area contributed by atoms with E-state index in [1.165, 1.54) is 24.3 Å². The van der Waals surface area contributed by atoms with Gasteiger partial charge in [0.15, 0.2) is 0 Å². The molecule has 1 N–H and O–H groups in total. The third-order valence-corrected chi connectivity index (χ3v) is 3.12. The molecule has 20 heavy (non-hydrogen) atoms. The van der Waals surface area contributed by atoms with Crippen LogP contribution in [0.25, 0.3) is 22.8 Å². The smallest absolute Gasteiger partial charge is 0.258 e. The number of nitrogens with zero attached hydrogens (tertiary/aromatic N) is 2.